The van der Waals surface area contributed by atoms with Gasteiger partial charge in [-0.1, -0.05) is 11.6 Å². The summed E-state index contributed by atoms with van der Waals surface area (Å²) < 4.78 is 5.51. The number of hydrogen-bond donors (Lipinski definition) is 0. The van der Waals surface area contributed by atoms with E-state index in [9.17, 15) is 10.1 Å². The van der Waals surface area contributed by atoms with Gasteiger partial charge in [-0.2, -0.15) is 0 Å². The van der Waals surface area contributed by atoms with E-state index in [0.717, 1.165) is 0 Å². The van der Waals surface area contributed by atoms with Crippen molar-refractivity contribution in [3.63, 3.8) is 0 Å². The quantitative estimate of drug-likeness (QED) is 0.482. The van der Waals surface area contributed by atoms with Crippen LogP contribution in [0, 0.1) is 10.1 Å². The van der Waals surface area contributed by atoms with E-state index in [4.69, 9.17) is 27.9 Å². The van der Waals surface area contributed by atoms with E-state index in [-0.39, 0.29) is 11.6 Å². The van der Waals surface area contributed by atoms with Crippen molar-refractivity contribution in [1.29, 1.82) is 0 Å². The molecule has 0 amide bonds. The van der Waals surface area contributed by atoms with Crippen molar-refractivity contribution in [1.82, 2.24) is 4.98 Å². The standard InChI is InChI=1S/C12H8Cl2N2O3/c13-5-8-3-10(1-2-12(8)16(17)18)19-11-4-9(14)6-15-7-11/h1-4,6-7H,5H2. The van der Waals surface area contributed by atoms with E-state index in [2.05, 4.69) is 4.98 Å². The van der Waals surface area contributed by atoms with Crippen molar-refractivity contribution in [3.05, 3.63) is 57.4 Å². The molecule has 2 aromatic rings. The van der Waals surface area contributed by atoms with Gasteiger partial charge in [0, 0.05) is 23.9 Å². The highest BCUT2D eigenvalue weighted by molar-refractivity contribution is 6.30. The number of alkyl halides is 1. The highest BCUT2D eigenvalue weighted by Gasteiger charge is 2.14. The zero-order chi connectivity index (χ0) is 13.8. The van der Waals surface area contributed by atoms with Crippen LogP contribution in [0.4, 0.5) is 5.69 Å². The first kappa shape index (κ1) is 13.6. The first-order chi connectivity index (χ1) is 9.10. The molecule has 7 heteroatoms. The van der Waals surface area contributed by atoms with E-state index in [1.807, 2.05) is 0 Å². The van der Waals surface area contributed by atoms with Crippen molar-refractivity contribution in [3.8, 4) is 11.5 Å². The molecule has 0 aliphatic carbocycles. The highest BCUT2D eigenvalue weighted by Crippen LogP contribution is 2.29. The molecular formula is C12H8Cl2N2O3. The van der Waals surface area contributed by atoms with Crippen molar-refractivity contribution < 1.29 is 9.66 Å². The molecule has 98 valence electrons. The lowest BCUT2D eigenvalue weighted by Crippen LogP contribution is -1.94. The topological polar surface area (TPSA) is 65.3 Å². The second kappa shape index (κ2) is 5.86. The fourth-order valence-corrected chi connectivity index (χ4v) is 1.87. The van der Waals surface area contributed by atoms with E-state index >= 15 is 0 Å². The minimum absolute atomic E-state index is 0.0291. The summed E-state index contributed by atoms with van der Waals surface area (Å²) in [5, 5.41) is 11.2. The summed E-state index contributed by atoms with van der Waals surface area (Å²) in [7, 11) is 0. The minimum Gasteiger partial charge on any atom is -0.456 e. The summed E-state index contributed by atoms with van der Waals surface area (Å²) >= 11 is 11.5. The molecule has 0 aliphatic rings. The zero-order valence-corrected chi connectivity index (χ0v) is 11.1. The third-order valence-corrected chi connectivity index (χ3v) is 2.80. The summed E-state index contributed by atoms with van der Waals surface area (Å²) in [6.07, 6.45) is 2.97. The molecule has 0 bridgehead atoms. The van der Waals surface area contributed by atoms with Crippen LogP contribution in [-0.2, 0) is 5.88 Å². The third-order valence-electron chi connectivity index (χ3n) is 2.31. The molecule has 1 aromatic carbocycles. The largest absolute Gasteiger partial charge is 0.456 e. The van der Waals surface area contributed by atoms with E-state index < -0.39 is 4.92 Å². The molecule has 0 fully saturated rings. The number of hydrogen-bond acceptors (Lipinski definition) is 4. The number of aromatic nitrogens is 1. The Morgan fingerprint density at radius 2 is 2.05 bits per heavy atom. The fraction of sp³-hybridized carbons (Fsp3) is 0.0833. The van der Waals surface area contributed by atoms with Crippen LogP contribution in [0.1, 0.15) is 5.56 Å². The SMILES string of the molecule is O=[N+]([O-])c1ccc(Oc2cncc(Cl)c2)cc1CCl. The van der Waals surface area contributed by atoms with Gasteiger partial charge in [0.15, 0.2) is 0 Å². The second-order valence-electron chi connectivity index (χ2n) is 3.62. The lowest BCUT2D eigenvalue weighted by molar-refractivity contribution is -0.385. The maximum absolute atomic E-state index is 10.8. The Labute approximate surface area is 118 Å². The van der Waals surface area contributed by atoms with Gasteiger partial charge in [-0.3, -0.25) is 15.1 Å². The maximum Gasteiger partial charge on any atom is 0.274 e. The highest BCUT2D eigenvalue weighted by atomic mass is 35.5. The Morgan fingerprint density at radius 1 is 1.26 bits per heavy atom. The first-order valence-corrected chi connectivity index (χ1v) is 6.13. The predicted molar refractivity (Wildman–Crippen MR) is 72.0 cm³/mol. The summed E-state index contributed by atoms with van der Waals surface area (Å²) in [5.41, 5.74) is 0.353. The summed E-state index contributed by atoms with van der Waals surface area (Å²) in [5.74, 6) is 0.911. The molecule has 0 saturated carbocycles. The van der Waals surface area contributed by atoms with Gasteiger partial charge >= 0.3 is 0 Å². The number of nitro groups is 1. The van der Waals surface area contributed by atoms with Crippen molar-refractivity contribution in [2.75, 3.05) is 0 Å². The number of nitrogens with zero attached hydrogens (tertiary/aromatic N) is 2. The lowest BCUT2D eigenvalue weighted by atomic mass is 10.2. The Balaban J connectivity index is 2.29. The molecule has 1 heterocycles. The summed E-state index contributed by atoms with van der Waals surface area (Å²) in [6.45, 7) is 0. The smallest absolute Gasteiger partial charge is 0.274 e. The monoisotopic (exact) mass is 298 g/mol. The number of benzene rings is 1. The molecule has 0 atom stereocenters. The Bertz CT molecular complexity index is 620. The molecule has 2 rings (SSSR count). The van der Waals surface area contributed by atoms with Crippen LogP contribution < -0.4 is 4.74 Å². The number of halogens is 2. The number of pyridine rings is 1. The molecule has 1 aromatic heterocycles. The number of ether oxygens (including phenoxy) is 1. The van der Waals surface area contributed by atoms with Gasteiger partial charge in [-0.15, -0.1) is 11.6 Å². The van der Waals surface area contributed by atoms with Crippen molar-refractivity contribution in [2.24, 2.45) is 0 Å². The molecule has 5 nitrogen and oxygen atoms in total. The maximum atomic E-state index is 10.8. The third kappa shape index (κ3) is 3.33. The van der Waals surface area contributed by atoms with Crippen LogP contribution in [0.25, 0.3) is 0 Å². The van der Waals surface area contributed by atoms with Gasteiger partial charge in [-0.25, -0.2) is 0 Å². The molecule has 0 spiro atoms. The van der Waals surface area contributed by atoms with Crippen LogP contribution >= 0.6 is 23.2 Å². The van der Waals surface area contributed by atoms with Gasteiger partial charge in [0.05, 0.1) is 22.0 Å². The van der Waals surface area contributed by atoms with E-state index in [1.165, 1.54) is 30.6 Å². The molecule has 0 radical (unpaired) electrons. The Kier molecular flexibility index (Phi) is 4.19. The van der Waals surface area contributed by atoms with E-state index in [1.54, 1.807) is 6.07 Å². The van der Waals surface area contributed by atoms with Gasteiger partial charge in [-0.05, 0) is 12.1 Å². The number of nitro benzene ring substituents is 1. The summed E-state index contributed by atoms with van der Waals surface area (Å²) in [4.78, 5) is 14.2. The van der Waals surface area contributed by atoms with E-state index in [0.29, 0.717) is 22.1 Å². The minimum atomic E-state index is -0.484. The summed E-state index contributed by atoms with van der Waals surface area (Å²) in [6, 6.07) is 5.96. The normalized spacial score (nSPS) is 10.2. The molecule has 0 saturated heterocycles. The van der Waals surface area contributed by atoms with Crippen LogP contribution in [0.5, 0.6) is 11.5 Å². The fourth-order valence-electron chi connectivity index (χ4n) is 1.49. The zero-order valence-electron chi connectivity index (χ0n) is 9.55. The van der Waals surface area contributed by atoms with Crippen LogP contribution in [0.15, 0.2) is 36.7 Å². The van der Waals surface area contributed by atoms with Crippen LogP contribution in [0.2, 0.25) is 5.02 Å². The van der Waals surface area contributed by atoms with Crippen molar-refractivity contribution >= 4 is 28.9 Å². The first-order valence-electron chi connectivity index (χ1n) is 5.22. The van der Waals surface area contributed by atoms with Gasteiger partial charge < -0.3 is 4.74 Å². The second-order valence-corrected chi connectivity index (χ2v) is 4.33. The number of rotatable bonds is 4. The van der Waals surface area contributed by atoms with Gasteiger partial charge in [0.2, 0.25) is 0 Å². The van der Waals surface area contributed by atoms with Gasteiger partial charge in [0.1, 0.15) is 11.5 Å². The molecular weight excluding hydrogens is 291 g/mol. The Morgan fingerprint density at radius 3 is 2.68 bits per heavy atom. The van der Waals surface area contributed by atoms with Crippen LogP contribution in [-0.4, -0.2) is 9.91 Å². The average Bonchev–Trinajstić information content (AvgIpc) is 2.38. The van der Waals surface area contributed by atoms with Crippen LogP contribution in [0.3, 0.4) is 0 Å². The lowest BCUT2D eigenvalue weighted by Gasteiger charge is -2.07. The van der Waals surface area contributed by atoms with Crippen molar-refractivity contribution in [2.45, 2.75) is 5.88 Å². The molecule has 0 aliphatic heterocycles. The van der Waals surface area contributed by atoms with Gasteiger partial charge in [0.25, 0.3) is 5.69 Å². The predicted octanol–water partition coefficient (Wildman–Crippen LogP) is 4.17. The Hall–Kier alpha value is -1.85. The molecule has 0 N–H and O–H groups in total. The molecule has 0 unspecified atom stereocenters. The molecule has 19 heavy (non-hydrogen) atoms. The average molecular weight is 299 g/mol.